The third-order valence-corrected chi connectivity index (χ3v) is 2.79. The number of rotatable bonds is 3. The first-order valence-corrected chi connectivity index (χ1v) is 6.49. The lowest BCUT2D eigenvalue weighted by Crippen LogP contribution is -2.03. The number of nitrogen functional groups attached to an aromatic ring is 2. The van der Waals surface area contributed by atoms with Crippen molar-refractivity contribution in [3.8, 4) is 23.3 Å². The van der Waals surface area contributed by atoms with Gasteiger partial charge in [0.2, 0.25) is 5.95 Å². The van der Waals surface area contributed by atoms with Gasteiger partial charge in [0.05, 0.1) is 6.20 Å². The summed E-state index contributed by atoms with van der Waals surface area (Å²) in [6.45, 7) is 5.86. The van der Waals surface area contributed by atoms with E-state index in [0.717, 1.165) is 5.56 Å². The molecule has 2 rings (SSSR count). The molecular weight excluding hydrogens is 266 g/mol. The monoisotopic (exact) mass is 283 g/mol. The second-order valence-electron chi connectivity index (χ2n) is 4.72. The first-order valence-electron chi connectivity index (χ1n) is 6.49. The zero-order valence-corrected chi connectivity index (χ0v) is 12.2. The van der Waals surface area contributed by atoms with Crippen molar-refractivity contribution in [2.24, 2.45) is 0 Å². The van der Waals surface area contributed by atoms with E-state index >= 15 is 0 Å². The third-order valence-electron chi connectivity index (χ3n) is 2.79. The van der Waals surface area contributed by atoms with Crippen LogP contribution in [0.2, 0.25) is 0 Å². The molecule has 0 radical (unpaired) electrons. The van der Waals surface area contributed by atoms with Gasteiger partial charge in [0.15, 0.2) is 11.6 Å². The van der Waals surface area contributed by atoms with E-state index in [1.54, 1.807) is 19.2 Å². The summed E-state index contributed by atoms with van der Waals surface area (Å²) in [6.07, 6.45) is 3.21. The number of hydrogen-bond donors (Lipinski definition) is 2. The Morgan fingerprint density at radius 2 is 1.90 bits per heavy atom. The first-order chi connectivity index (χ1) is 10.0. The summed E-state index contributed by atoms with van der Waals surface area (Å²) >= 11 is 0. The Hall–Kier alpha value is -2.81. The van der Waals surface area contributed by atoms with E-state index in [2.05, 4.69) is 40.6 Å². The minimum absolute atomic E-state index is 0.108. The number of nitrogens with zero attached hydrogens (tertiary/aromatic N) is 3. The lowest BCUT2D eigenvalue weighted by atomic mass is 10.0. The number of hydrogen-bond acceptors (Lipinski definition) is 6. The van der Waals surface area contributed by atoms with Crippen LogP contribution in [0.5, 0.6) is 11.5 Å². The molecular formula is C15H17N5O. The molecule has 0 aliphatic rings. The van der Waals surface area contributed by atoms with Crippen molar-refractivity contribution in [3.63, 3.8) is 0 Å². The van der Waals surface area contributed by atoms with Crippen LogP contribution < -0.4 is 16.2 Å². The van der Waals surface area contributed by atoms with E-state index in [4.69, 9.17) is 16.2 Å². The van der Waals surface area contributed by atoms with Gasteiger partial charge in [-0.05, 0) is 18.8 Å². The zero-order chi connectivity index (χ0) is 15.4. The Bertz CT molecular complexity index is 716. The fourth-order valence-electron chi connectivity index (χ4n) is 1.76. The van der Waals surface area contributed by atoms with Crippen LogP contribution in [0.1, 0.15) is 37.9 Å². The summed E-state index contributed by atoms with van der Waals surface area (Å²) in [5.74, 6) is 7.24. The maximum Gasteiger partial charge on any atom is 0.222 e. The fourth-order valence-corrected chi connectivity index (χ4v) is 1.76. The Kier molecular flexibility index (Phi) is 4.24. The van der Waals surface area contributed by atoms with Gasteiger partial charge in [-0.25, -0.2) is 9.97 Å². The molecule has 0 aromatic carbocycles. The van der Waals surface area contributed by atoms with Crippen molar-refractivity contribution >= 4 is 11.8 Å². The SMILES string of the molecule is CC#Cc1cc(Oc2cnc(N)nc2N)c(C(C)C)cn1. The quantitative estimate of drug-likeness (QED) is 0.838. The molecule has 0 aliphatic carbocycles. The predicted molar refractivity (Wildman–Crippen MR) is 81.8 cm³/mol. The van der Waals surface area contributed by atoms with Crippen LogP contribution >= 0.6 is 0 Å². The highest BCUT2D eigenvalue weighted by Crippen LogP contribution is 2.32. The smallest absolute Gasteiger partial charge is 0.222 e. The molecule has 6 nitrogen and oxygen atoms in total. The highest BCUT2D eigenvalue weighted by Gasteiger charge is 2.13. The van der Waals surface area contributed by atoms with Crippen molar-refractivity contribution in [1.82, 2.24) is 15.0 Å². The van der Waals surface area contributed by atoms with Crippen LogP contribution in [-0.2, 0) is 0 Å². The predicted octanol–water partition coefficient (Wildman–Crippen LogP) is 2.32. The molecule has 0 fully saturated rings. The topological polar surface area (TPSA) is 99.9 Å². The third kappa shape index (κ3) is 3.39. The first kappa shape index (κ1) is 14.6. The van der Waals surface area contributed by atoms with Crippen molar-refractivity contribution in [2.75, 3.05) is 11.5 Å². The summed E-state index contributed by atoms with van der Waals surface area (Å²) in [4.78, 5) is 12.1. The standard InChI is InChI=1S/C15H17N5O/c1-4-5-10-6-12(11(7-18-10)9(2)3)21-13-8-19-15(17)20-14(13)16/h6-9H,1-3H3,(H4,16,17,19,20). The Labute approximate surface area is 123 Å². The van der Waals surface area contributed by atoms with E-state index in [1.807, 2.05) is 0 Å². The van der Waals surface area contributed by atoms with Crippen LogP contribution in [0.3, 0.4) is 0 Å². The molecule has 6 heteroatoms. The summed E-state index contributed by atoms with van der Waals surface area (Å²) in [7, 11) is 0. The second-order valence-corrected chi connectivity index (χ2v) is 4.72. The van der Waals surface area contributed by atoms with Gasteiger partial charge < -0.3 is 16.2 Å². The van der Waals surface area contributed by atoms with Gasteiger partial charge in [0, 0.05) is 17.8 Å². The largest absolute Gasteiger partial charge is 0.451 e. The van der Waals surface area contributed by atoms with Gasteiger partial charge in [-0.3, -0.25) is 0 Å². The molecule has 21 heavy (non-hydrogen) atoms. The Morgan fingerprint density at radius 1 is 1.14 bits per heavy atom. The molecule has 0 saturated carbocycles. The summed E-state index contributed by atoms with van der Waals surface area (Å²) in [6, 6.07) is 1.78. The minimum Gasteiger partial charge on any atom is -0.451 e. The minimum atomic E-state index is 0.108. The molecule has 0 amide bonds. The van der Waals surface area contributed by atoms with Crippen molar-refractivity contribution < 1.29 is 4.74 Å². The summed E-state index contributed by atoms with van der Waals surface area (Å²) in [5, 5.41) is 0. The van der Waals surface area contributed by atoms with E-state index in [9.17, 15) is 0 Å². The van der Waals surface area contributed by atoms with Gasteiger partial charge in [-0.1, -0.05) is 19.8 Å². The number of nitrogens with two attached hydrogens (primary N) is 2. The molecule has 0 atom stereocenters. The zero-order valence-electron chi connectivity index (χ0n) is 12.2. The van der Waals surface area contributed by atoms with Gasteiger partial charge in [0.25, 0.3) is 0 Å². The molecule has 0 aliphatic heterocycles. The number of anilines is 2. The molecule has 2 aromatic heterocycles. The normalized spacial score (nSPS) is 10.1. The van der Waals surface area contributed by atoms with Crippen LogP contribution in [0, 0.1) is 11.8 Å². The van der Waals surface area contributed by atoms with E-state index in [0.29, 0.717) is 17.2 Å². The van der Waals surface area contributed by atoms with Gasteiger partial charge in [-0.15, -0.1) is 0 Å². The average molecular weight is 283 g/mol. The summed E-state index contributed by atoms with van der Waals surface area (Å²) in [5.41, 5.74) is 12.9. The van der Waals surface area contributed by atoms with E-state index in [-0.39, 0.29) is 17.7 Å². The van der Waals surface area contributed by atoms with Gasteiger partial charge in [-0.2, -0.15) is 4.98 Å². The maximum absolute atomic E-state index is 5.83. The molecule has 0 saturated heterocycles. The lowest BCUT2D eigenvalue weighted by Gasteiger charge is -2.14. The molecule has 2 aromatic rings. The average Bonchev–Trinajstić information content (AvgIpc) is 2.42. The number of ether oxygens (including phenoxy) is 1. The number of pyridine rings is 1. The van der Waals surface area contributed by atoms with Crippen molar-refractivity contribution in [3.05, 3.63) is 29.7 Å². The Morgan fingerprint density at radius 3 is 2.52 bits per heavy atom. The highest BCUT2D eigenvalue weighted by atomic mass is 16.5. The van der Waals surface area contributed by atoms with Crippen molar-refractivity contribution in [1.29, 1.82) is 0 Å². The van der Waals surface area contributed by atoms with E-state index < -0.39 is 0 Å². The molecule has 108 valence electrons. The lowest BCUT2D eigenvalue weighted by molar-refractivity contribution is 0.470. The highest BCUT2D eigenvalue weighted by molar-refractivity contribution is 5.51. The van der Waals surface area contributed by atoms with Crippen molar-refractivity contribution in [2.45, 2.75) is 26.7 Å². The molecule has 0 unspecified atom stereocenters. The second kappa shape index (κ2) is 6.09. The van der Waals surface area contributed by atoms with Crippen LogP contribution in [0.25, 0.3) is 0 Å². The fraction of sp³-hybridized carbons (Fsp3) is 0.267. The molecule has 4 N–H and O–H groups in total. The molecule has 2 heterocycles. The molecule has 0 spiro atoms. The molecule has 0 bridgehead atoms. The van der Waals surface area contributed by atoms with Gasteiger partial charge in [0.1, 0.15) is 11.4 Å². The van der Waals surface area contributed by atoms with E-state index in [1.165, 1.54) is 6.20 Å². The van der Waals surface area contributed by atoms with Crippen LogP contribution in [0.4, 0.5) is 11.8 Å². The summed E-state index contributed by atoms with van der Waals surface area (Å²) < 4.78 is 5.83. The van der Waals surface area contributed by atoms with Gasteiger partial charge >= 0.3 is 0 Å². The Balaban J connectivity index is 2.44. The van der Waals surface area contributed by atoms with Crippen LogP contribution in [0.15, 0.2) is 18.5 Å². The number of aromatic nitrogens is 3. The van der Waals surface area contributed by atoms with Crippen LogP contribution in [-0.4, -0.2) is 15.0 Å². The maximum atomic E-state index is 5.83.